The van der Waals surface area contributed by atoms with Gasteiger partial charge in [-0.1, -0.05) is 6.07 Å². The highest BCUT2D eigenvalue weighted by Gasteiger charge is 2.26. The van der Waals surface area contributed by atoms with Crippen molar-refractivity contribution in [2.75, 3.05) is 19.4 Å². The standard InChI is InChI=1S/C15H21F3N2O/c1-11(6-5-9-15(16,17)18)19-13-8-4-7-12(10-13)14(21)20(2)3/h4,7-8,10-11,19H,5-6,9H2,1-3H3. The fraction of sp³-hybridized carbons (Fsp3) is 0.533. The van der Waals surface area contributed by atoms with E-state index in [1.54, 1.807) is 38.4 Å². The van der Waals surface area contributed by atoms with Crippen molar-refractivity contribution in [1.29, 1.82) is 0 Å². The van der Waals surface area contributed by atoms with Gasteiger partial charge < -0.3 is 10.2 Å². The smallest absolute Gasteiger partial charge is 0.383 e. The Morgan fingerprint density at radius 1 is 1.33 bits per heavy atom. The number of alkyl halides is 3. The first-order valence-electron chi connectivity index (χ1n) is 6.84. The number of hydrogen-bond acceptors (Lipinski definition) is 2. The lowest BCUT2D eigenvalue weighted by Crippen LogP contribution is -2.22. The number of benzene rings is 1. The Balaban J connectivity index is 2.55. The van der Waals surface area contributed by atoms with E-state index in [4.69, 9.17) is 0 Å². The summed E-state index contributed by atoms with van der Waals surface area (Å²) in [6, 6.07) is 6.88. The first kappa shape index (κ1) is 17.3. The molecule has 3 nitrogen and oxygen atoms in total. The second-order valence-electron chi connectivity index (χ2n) is 5.33. The summed E-state index contributed by atoms with van der Waals surface area (Å²) in [4.78, 5) is 13.3. The van der Waals surface area contributed by atoms with Crippen molar-refractivity contribution in [3.63, 3.8) is 0 Å². The molecule has 0 heterocycles. The number of anilines is 1. The number of carbonyl (C=O) groups excluding carboxylic acids is 1. The van der Waals surface area contributed by atoms with Crippen LogP contribution in [0, 0.1) is 0 Å². The second kappa shape index (κ2) is 7.33. The molecule has 0 aliphatic carbocycles. The first-order chi connectivity index (χ1) is 9.69. The maximum absolute atomic E-state index is 12.1. The Morgan fingerprint density at radius 3 is 2.57 bits per heavy atom. The summed E-state index contributed by atoms with van der Waals surface area (Å²) >= 11 is 0. The Hall–Kier alpha value is -1.72. The fourth-order valence-corrected chi connectivity index (χ4v) is 1.97. The molecule has 0 bridgehead atoms. The lowest BCUT2D eigenvalue weighted by molar-refractivity contribution is -0.135. The van der Waals surface area contributed by atoms with Crippen molar-refractivity contribution in [3.8, 4) is 0 Å². The van der Waals surface area contributed by atoms with Crippen LogP contribution in [0.1, 0.15) is 36.5 Å². The zero-order valence-electron chi connectivity index (χ0n) is 12.5. The third-order valence-corrected chi connectivity index (χ3v) is 3.03. The summed E-state index contributed by atoms with van der Waals surface area (Å²) in [6.45, 7) is 1.83. The van der Waals surface area contributed by atoms with Gasteiger partial charge in [-0.25, -0.2) is 0 Å². The van der Waals surface area contributed by atoms with Gasteiger partial charge in [-0.2, -0.15) is 13.2 Å². The first-order valence-corrected chi connectivity index (χ1v) is 6.84. The van der Waals surface area contributed by atoms with Crippen LogP contribution in [-0.2, 0) is 0 Å². The minimum absolute atomic E-state index is 0.0861. The second-order valence-corrected chi connectivity index (χ2v) is 5.33. The SMILES string of the molecule is CC(CCCC(F)(F)F)Nc1cccc(C(=O)N(C)C)c1. The topological polar surface area (TPSA) is 32.3 Å². The maximum atomic E-state index is 12.1. The Labute approximate surface area is 123 Å². The van der Waals surface area contributed by atoms with E-state index in [1.165, 1.54) is 4.90 Å². The quantitative estimate of drug-likeness (QED) is 0.863. The monoisotopic (exact) mass is 302 g/mol. The van der Waals surface area contributed by atoms with Gasteiger partial charge in [-0.15, -0.1) is 0 Å². The van der Waals surface area contributed by atoms with Crippen LogP contribution in [0.5, 0.6) is 0 Å². The summed E-state index contributed by atoms with van der Waals surface area (Å²) in [6.07, 6.45) is -4.35. The van der Waals surface area contributed by atoms with Gasteiger partial charge in [-0.3, -0.25) is 4.79 Å². The molecule has 0 radical (unpaired) electrons. The summed E-state index contributed by atoms with van der Waals surface area (Å²) in [5, 5.41) is 3.12. The van der Waals surface area contributed by atoms with Crippen molar-refractivity contribution < 1.29 is 18.0 Å². The molecule has 0 saturated carbocycles. The summed E-state index contributed by atoms with van der Waals surface area (Å²) in [5.74, 6) is -0.108. The van der Waals surface area contributed by atoms with Gasteiger partial charge in [0.1, 0.15) is 0 Å². The van der Waals surface area contributed by atoms with Crippen molar-refractivity contribution in [2.45, 2.75) is 38.4 Å². The largest absolute Gasteiger partial charge is 0.389 e. The third-order valence-electron chi connectivity index (χ3n) is 3.03. The lowest BCUT2D eigenvalue weighted by atomic mass is 10.1. The lowest BCUT2D eigenvalue weighted by Gasteiger charge is -2.17. The minimum atomic E-state index is -4.10. The molecule has 6 heteroatoms. The zero-order valence-corrected chi connectivity index (χ0v) is 12.5. The van der Waals surface area contributed by atoms with Crippen molar-refractivity contribution in [2.24, 2.45) is 0 Å². The molecule has 0 aliphatic heterocycles. The van der Waals surface area contributed by atoms with Crippen LogP contribution in [-0.4, -0.2) is 37.1 Å². The van der Waals surface area contributed by atoms with E-state index in [0.717, 1.165) is 5.69 Å². The molecule has 21 heavy (non-hydrogen) atoms. The molecular formula is C15H21F3N2O. The van der Waals surface area contributed by atoms with Crippen molar-refractivity contribution in [1.82, 2.24) is 4.90 Å². The summed E-state index contributed by atoms with van der Waals surface area (Å²) in [5.41, 5.74) is 1.29. The Bertz CT molecular complexity index is 472. The van der Waals surface area contributed by atoms with E-state index >= 15 is 0 Å². The zero-order chi connectivity index (χ0) is 16.0. The highest BCUT2D eigenvalue weighted by atomic mass is 19.4. The average Bonchev–Trinajstić information content (AvgIpc) is 2.36. The van der Waals surface area contributed by atoms with Crippen LogP contribution in [0.4, 0.5) is 18.9 Å². The van der Waals surface area contributed by atoms with Crippen molar-refractivity contribution >= 4 is 11.6 Å². The molecule has 0 aromatic heterocycles. The predicted molar refractivity (Wildman–Crippen MR) is 77.5 cm³/mol. The molecule has 0 fully saturated rings. The molecule has 0 aliphatic rings. The molecule has 1 aromatic carbocycles. The Morgan fingerprint density at radius 2 is 2.00 bits per heavy atom. The number of amides is 1. The van der Waals surface area contributed by atoms with E-state index < -0.39 is 12.6 Å². The van der Waals surface area contributed by atoms with Crippen LogP contribution in [0.25, 0.3) is 0 Å². The number of rotatable bonds is 6. The molecule has 1 aromatic rings. The third kappa shape index (κ3) is 6.51. The van der Waals surface area contributed by atoms with Gasteiger partial charge in [0.2, 0.25) is 0 Å². The van der Waals surface area contributed by atoms with Gasteiger partial charge in [-0.05, 0) is 38.0 Å². The molecule has 1 N–H and O–H groups in total. The molecule has 0 saturated heterocycles. The maximum Gasteiger partial charge on any atom is 0.389 e. The van der Waals surface area contributed by atoms with Crippen molar-refractivity contribution in [3.05, 3.63) is 29.8 Å². The van der Waals surface area contributed by atoms with E-state index in [9.17, 15) is 18.0 Å². The van der Waals surface area contributed by atoms with Crippen LogP contribution in [0.15, 0.2) is 24.3 Å². The number of halogens is 3. The van der Waals surface area contributed by atoms with Crippen LogP contribution >= 0.6 is 0 Å². The number of carbonyl (C=O) groups is 1. The average molecular weight is 302 g/mol. The molecule has 0 spiro atoms. The van der Waals surface area contributed by atoms with E-state index in [1.807, 2.05) is 6.92 Å². The summed E-state index contributed by atoms with van der Waals surface area (Å²) < 4.78 is 36.3. The van der Waals surface area contributed by atoms with Gasteiger partial charge in [0.25, 0.3) is 5.91 Å². The highest BCUT2D eigenvalue weighted by Crippen LogP contribution is 2.23. The van der Waals surface area contributed by atoms with E-state index in [-0.39, 0.29) is 18.4 Å². The van der Waals surface area contributed by atoms with Gasteiger partial charge >= 0.3 is 6.18 Å². The number of hydrogen-bond donors (Lipinski definition) is 1. The highest BCUT2D eigenvalue weighted by molar-refractivity contribution is 5.94. The molecule has 118 valence electrons. The normalized spacial score (nSPS) is 12.9. The molecular weight excluding hydrogens is 281 g/mol. The predicted octanol–water partition coefficient (Wildman–Crippen LogP) is 3.92. The molecule has 1 unspecified atom stereocenters. The van der Waals surface area contributed by atoms with Crippen LogP contribution < -0.4 is 5.32 Å². The summed E-state index contributed by atoms with van der Waals surface area (Å²) in [7, 11) is 3.34. The molecule has 1 atom stereocenters. The van der Waals surface area contributed by atoms with E-state index in [2.05, 4.69) is 5.32 Å². The Kier molecular flexibility index (Phi) is 6.05. The van der Waals surface area contributed by atoms with Gasteiger partial charge in [0, 0.05) is 37.8 Å². The van der Waals surface area contributed by atoms with Crippen LogP contribution in [0.2, 0.25) is 0 Å². The van der Waals surface area contributed by atoms with Gasteiger partial charge in [0.05, 0.1) is 0 Å². The van der Waals surface area contributed by atoms with Crippen LogP contribution in [0.3, 0.4) is 0 Å². The minimum Gasteiger partial charge on any atom is -0.383 e. The van der Waals surface area contributed by atoms with E-state index in [0.29, 0.717) is 12.0 Å². The fourth-order valence-electron chi connectivity index (χ4n) is 1.97. The number of nitrogens with zero attached hydrogens (tertiary/aromatic N) is 1. The number of nitrogens with one attached hydrogen (secondary N) is 1. The van der Waals surface area contributed by atoms with Gasteiger partial charge in [0.15, 0.2) is 0 Å². The molecule has 1 rings (SSSR count). The molecule has 1 amide bonds.